The molecule has 0 radical (unpaired) electrons. The number of nitrogens with one attached hydrogen (secondary N) is 1. The molecular formula is C20H26ClNO3. The van der Waals surface area contributed by atoms with E-state index in [1.807, 2.05) is 30.3 Å². The summed E-state index contributed by atoms with van der Waals surface area (Å²) in [7, 11) is 1.63. The lowest BCUT2D eigenvalue weighted by Gasteiger charge is -2.15. The molecule has 0 aliphatic rings. The van der Waals surface area contributed by atoms with Gasteiger partial charge in [-0.15, -0.1) is 0 Å². The molecule has 4 nitrogen and oxygen atoms in total. The lowest BCUT2D eigenvalue weighted by atomic mass is 10.1. The van der Waals surface area contributed by atoms with Crippen molar-refractivity contribution in [2.45, 2.75) is 32.9 Å². The van der Waals surface area contributed by atoms with E-state index in [9.17, 15) is 0 Å². The van der Waals surface area contributed by atoms with Gasteiger partial charge in [-0.05, 0) is 49.1 Å². The zero-order chi connectivity index (χ0) is 18.1. The average Bonchev–Trinajstić information content (AvgIpc) is 2.62. The third-order valence-corrected chi connectivity index (χ3v) is 4.41. The van der Waals surface area contributed by atoms with Crippen molar-refractivity contribution in [1.29, 1.82) is 0 Å². The molecule has 5 heteroatoms. The summed E-state index contributed by atoms with van der Waals surface area (Å²) >= 11 is 6.40. The minimum Gasteiger partial charge on any atom is -0.493 e. The number of hydrogen-bond acceptors (Lipinski definition) is 4. The molecule has 0 fully saturated rings. The molecule has 0 aliphatic carbocycles. The molecule has 2 aromatic rings. The highest BCUT2D eigenvalue weighted by atomic mass is 35.5. The molecule has 0 saturated heterocycles. The van der Waals surface area contributed by atoms with Gasteiger partial charge in [0.2, 0.25) is 0 Å². The molecule has 136 valence electrons. The van der Waals surface area contributed by atoms with E-state index < -0.39 is 0 Å². The monoisotopic (exact) mass is 363 g/mol. The number of aliphatic hydroxyl groups is 1. The standard InChI is InChI=1S/C20H26ClNO3/c1-15-7-3-4-8-16(15)14-25-20-12-18(21)17(11-19(20)24-2)13-22-9-5-6-10-23/h3-4,7-8,11-12,22-23H,5-6,9-10,13-14H2,1-2H3. The maximum Gasteiger partial charge on any atom is 0.163 e. The second-order valence-corrected chi connectivity index (χ2v) is 6.32. The fraction of sp³-hybridized carbons (Fsp3) is 0.400. The van der Waals surface area contributed by atoms with Crippen molar-refractivity contribution in [3.8, 4) is 11.5 Å². The van der Waals surface area contributed by atoms with Crippen molar-refractivity contribution >= 4 is 11.6 Å². The van der Waals surface area contributed by atoms with Crippen LogP contribution in [0.5, 0.6) is 11.5 Å². The summed E-state index contributed by atoms with van der Waals surface area (Å²) < 4.78 is 11.4. The van der Waals surface area contributed by atoms with Crippen LogP contribution in [0.1, 0.15) is 29.5 Å². The third kappa shape index (κ3) is 5.92. The normalized spacial score (nSPS) is 10.7. The van der Waals surface area contributed by atoms with Gasteiger partial charge in [0, 0.05) is 24.2 Å². The van der Waals surface area contributed by atoms with Crippen LogP contribution in [0.15, 0.2) is 36.4 Å². The van der Waals surface area contributed by atoms with E-state index in [-0.39, 0.29) is 6.61 Å². The molecule has 0 spiro atoms. The van der Waals surface area contributed by atoms with Gasteiger partial charge >= 0.3 is 0 Å². The first-order chi connectivity index (χ1) is 12.2. The minimum absolute atomic E-state index is 0.225. The SMILES string of the molecule is COc1cc(CNCCCCO)c(Cl)cc1OCc1ccccc1C. The van der Waals surface area contributed by atoms with Crippen LogP contribution in [-0.2, 0) is 13.2 Å². The second-order valence-electron chi connectivity index (χ2n) is 5.92. The molecule has 0 saturated carbocycles. The molecule has 0 aromatic heterocycles. The highest BCUT2D eigenvalue weighted by Crippen LogP contribution is 2.34. The Morgan fingerprint density at radius 1 is 1.08 bits per heavy atom. The Balaban J connectivity index is 2.01. The average molecular weight is 364 g/mol. The van der Waals surface area contributed by atoms with Crippen LogP contribution in [-0.4, -0.2) is 25.4 Å². The molecule has 0 bridgehead atoms. The van der Waals surface area contributed by atoms with E-state index in [1.165, 1.54) is 5.56 Å². The zero-order valence-corrected chi connectivity index (χ0v) is 15.6. The van der Waals surface area contributed by atoms with Gasteiger partial charge in [0.15, 0.2) is 11.5 Å². The number of aryl methyl sites for hydroxylation is 1. The van der Waals surface area contributed by atoms with Gasteiger partial charge < -0.3 is 19.9 Å². The van der Waals surface area contributed by atoms with Crippen LogP contribution in [0.3, 0.4) is 0 Å². The van der Waals surface area contributed by atoms with Gasteiger partial charge in [0.05, 0.1) is 7.11 Å². The quantitative estimate of drug-likeness (QED) is 0.624. The molecule has 2 N–H and O–H groups in total. The van der Waals surface area contributed by atoms with Crippen LogP contribution in [0.4, 0.5) is 0 Å². The van der Waals surface area contributed by atoms with Crippen molar-refractivity contribution in [2.75, 3.05) is 20.3 Å². The Hall–Kier alpha value is -1.75. The summed E-state index contributed by atoms with van der Waals surface area (Å²) in [5.41, 5.74) is 3.29. The molecule has 25 heavy (non-hydrogen) atoms. The number of halogens is 1. The Morgan fingerprint density at radius 2 is 1.88 bits per heavy atom. The van der Waals surface area contributed by atoms with Gasteiger partial charge in [-0.1, -0.05) is 35.9 Å². The van der Waals surface area contributed by atoms with Gasteiger partial charge in [-0.3, -0.25) is 0 Å². The Kier molecular flexibility index (Phi) is 8.06. The van der Waals surface area contributed by atoms with E-state index in [1.54, 1.807) is 7.11 Å². The van der Waals surface area contributed by atoms with E-state index >= 15 is 0 Å². The Bertz CT molecular complexity index is 676. The Labute approximate surface area is 154 Å². The summed E-state index contributed by atoms with van der Waals surface area (Å²) in [5, 5.41) is 12.8. The topological polar surface area (TPSA) is 50.7 Å². The van der Waals surface area contributed by atoms with E-state index in [4.69, 9.17) is 26.2 Å². The summed E-state index contributed by atoms with van der Waals surface area (Å²) in [6.45, 7) is 4.25. The second kappa shape index (κ2) is 10.3. The van der Waals surface area contributed by atoms with Crippen molar-refractivity contribution in [1.82, 2.24) is 5.32 Å². The van der Waals surface area contributed by atoms with Gasteiger partial charge in [-0.2, -0.15) is 0 Å². The van der Waals surface area contributed by atoms with Crippen molar-refractivity contribution in [3.63, 3.8) is 0 Å². The van der Waals surface area contributed by atoms with Gasteiger partial charge in [0.1, 0.15) is 6.61 Å². The first-order valence-electron chi connectivity index (χ1n) is 8.51. The van der Waals surface area contributed by atoms with Crippen LogP contribution < -0.4 is 14.8 Å². The van der Waals surface area contributed by atoms with Crippen LogP contribution in [0.2, 0.25) is 5.02 Å². The first kappa shape index (κ1) is 19.6. The predicted octanol–water partition coefficient (Wildman–Crippen LogP) is 4.10. The fourth-order valence-electron chi connectivity index (χ4n) is 2.50. The zero-order valence-electron chi connectivity index (χ0n) is 14.8. The summed E-state index contributed by atoms with van der Waals surface area (Å²) in [4.78, 5) is 0. The van der Waals surface area contributed by atoms with E-state index in [0.29, 0.717) is 29.7 Å². The number of unbranched alkanes of at least 4 members (excludes halogenated alkanes) is 1. The lowest BCUT2D eigenvalue weighted by Crippen LogP contribution is -2.15. The number of methoxy groups -OCH3 is 1. The molecule has 0 aliphatic heterocycles. The molecule has 0 atom stereocenters. The molecule has 0 unspecified atom stereocenters. The van der Waals surface area contributed by atoms with Crippen molar-refractivity contribution in [2.24, 2.45) is 0 Å². The summed E-state index contributed by atoms with van der Waals surface area (Å²) in [5.74, 6) is 1.31. The maximum absolute atomic E-state index is 8.80. The predicted molar refractivity (Wildman–Crippen MR) is 102 cm³/mol. The maximum atomic E-state index is 8.80. The number of aliphatic hydroxyl groups excluding tert-OH is 1. The number of ether oxygens (including phenoxy) is 2. The molecule has 0 heterocycles. The van der Waals surface area contributed by atoms with Crippen LogP contribution >= 0.6 is 11.6 Å². The highest BCUT2D eigenvalue weighted by molar-refractivity contribution is 6.31. The van der Waals surface area contributed by atoms with E-state index in [0.717, 1.165) is 30.5 Å². The van der Waals surface area contributed by atoms with E-state index in [2.05, 4.69) is 18.3 Å². The summed E-state index contributed by atoms with van der Waals surface area (Å²) in [6.07, 6.45) is 1.73. The number of benzene rings is 2. The van der Waals surface area contributed by atoms with Crippen molar-refractivity contribution in [3.05, 3.63) is 58.1 Å². The fourth-order valence-corrected chi connectivity index (χ4v) is 2.72. The highest BCUT2D eigenvalue weighted by Gasteiger charge is 2.11. The van der Waals surface area contributed by atoms with Crippen molar-refractivity contribution < 1.29 is 14.6 Å². The Morgan fingerprint density at radius 3 is 2.60 bits per heavy atom. The third-order valence-electron chi connectivity index (χ3n) is 4.05. The number of hydrogen-bond donors (Lipinski definition) is 2. The number of rotatable bonds is 10. The molecule has 2 rings (SSSR count). The van der Waals surface area contributed by atoms with Crippen LogP contribution in [0.25, 0.3) is 0 Å². The largest absolute Gasteiger partial charge is 0.493 e. The summed E-state index contributed by atoms with van der Waals surface area (Å²) in [6, 6.07) is 11.8. The first-order valence-corrected chi connectivity index (χ1v) is 8.88. The molecular weight excluding hydrogens is 338 g/mol. The molecule has 0 amide bonds. The lowest BCUT2D eigenvalue weighted by molar-refractivity contribution is 0.283. The smallest absolute Gasteiger partial charge is 0.163 e. The minimum atomic E-state index is 0.225. The van der Waals surface area contributed by atoms with Gasteiger partial charge in [0.25, 0.3) is 0 Å². The van der Waals surface area contributed by atoms with Gasteiger partial charge in [-0.25, -0.2) is 0 Å². The van der Waals surface area contributed by atoms with Crippen LogP contribution in [0, 0.1) is 6.92 Å². The molecule has 2 aromatic carbocycles.